The maximum atomic E-state index is 12.1. The lowest BCUT2D eigenvalue weighted by Crippen LogP contribution is -2.18. The van der Waals surface area contributed by atoms with Crippen LogP contribution in [0.15, 0.2) is 36.8 Å². The van der Waals surface area contributed by atoms with Gasteiger partial charge in [-0.25, -0.2) is 8.96 Å². The molecule has 6 heteroatoms. The van der Waals surface area contributed by atoms with Crippen LogP contribution in [0.25, 0.3) is 0 Å². The number of hydrogen-bond acceptors (Lipinski definition) is 4. The monoisotopic (exact) mass is 294 g/mol. The van der Waals surface area contributed by atoms with Crippen LogP contribution >= 0.6 is 0 Å². The highest BCUT2D eigenvalue weighted by molar-refractivity contribution is 7.85. The fourth-order valence-electron chi connectivity index (χ4n) is 1.57. The zero-order valence-corrected chi connectivity index (χ0v) is 12.8. The topological polar surface area (TPSA) is 61.2 Å². The van der Waals surface area contributed by atoms with Crippen molar-refractivity contribution in [2.75, 3.05) is 0 Å². The first-order chi connectivity index (χ1) is 9.18. The fraction of sp³-hybridized carbons (Fsp3) is 0.357. The van der Waals surface area contributed by atoms with Crippen molar-refractivity contribution in [3.8, 4) is 5.75 Å². The number of aromatic nitrogens is 2. The molecule has 0 radical (unpaired) electrons. The molecule has 0 aliphatic heterocycles. The third kappa shape index (κ3) is 3.19. The first-order valence-corrected chi connectivity index (χ1v) is 7.61. The predicted molar refractivity (Wildman–Crippen MR) is 77.1 cm³/mol. The molecule has 0 atom stereocenters. The van der Waals surface area contributed by atoms with Gasteiger partial charge in [0.15, 0.2) is 0 Å². The molecular formula is C14H18N2O3S. The van der Waals surface area contributed by atoms with E-state index in [1.807, 2.05) is 27.7 Å². The Hall–Kier alpha value is -1.82. The number of hydrogen-bond donors (Lipinski definition) is 0. The molecule has 108 valence electrons. The van der Waals surface area contributed by atoms with E-state index in [2.05, 4.69) is 4.98 Å². The number of nitrogens with zero attached hydrogens (tertiary/aromatic N) is 2. The van der Waals surface area contributed by atoms with Crippen molar-refractivity contribution >= 4 is 10.3 Å². The van der Waals surface area contributed by atoms with Gasteiger partial charge in [0.05, 0.1) is 5.69 Å². The Morgan fingerprint density at radius 1 is 1.15 bits per heavy atom. The van der Waals surface area contributed by atoms with Crippen LogP contribution in [-0.4, -0.2) is 17.4 Å². The summed E-state index contributed by atoms with van der Waals surface area (Å²) < 4.78 is 30.3. The number of aryl methyl sites for hydroxylation is 1. The second-order valence-electron chi connectivity index (χ2n) is 5.69. The summed E-state index contributed by atoms with van der Waals surface area (Å²) in [5.41, 5.74) is 1.51. The average molecular weight is 294 g/mol. The van der Waals surface area contributed by atoms with Crippen LogP contribution in [0.4, 0.5) is 0 Å². The Bertz CT molecular complexity index is 695. The minimum Gasteiger partial charge on any atom is -0.366 e. The van der Waals surface area contributed by atoms with E-state index < -0.39 is 10.3 Å². The molecule has 0 saturated heterocycles. The Balaban J connectivity index is 2.27. The number of benzene rings is 1. The summed E-state index contributed by atoms with van der Waals surface area (Å²) in [5, 5.41) is 0. The van der Waals surface area contributed by atoms with Gasteiger partial charge in [0.25, 0.3) is 0 Å². The first-order valence-electron chi connectivity index (χ1n) is 6.24. The minimum atomic E-state index is -3.91. The van der Waals surface area contributed by atoms with E-state index in [1.54, 1.807) is 24.3 Å². The van der Waals surface area contributed by atoms with Crippen LogP contribution in [0.1, 0.15) is 32.0 Å². The lowest BCUT2D eigenvalue weighted by molar-refractivity contribution is 0.475. The number of imidazole rings is 1. The second-order valence-corrected chi connectivity index (χ2v) is 7.14. The molecule has 20 heavy (non-hydrogen) atoms. The maximum absolute atomic E-state index is 12.1. The van der Waals surface area contributed by atoms with Crippen LogP contribution in [0, 0.1) is 6.92 Å². The first kappa shape index (κ1) is 14.6. The zero-order valence-electron chi connectivity index (χ0n) is 12.0. The molecule has 2 aromatic rings. The second kappa shape index (κ2) is 4.94. The van der Waals surface area contributed by atoms with Gasteiger partial charge < -0.3 is 4.18 Å². The Labute approximate surface area is 119 Å². The summed E-state index contributed by atoms with van der Waals surface area (Å²) in [5.74, 6) is 0.279. The molecule has 0 aliphatic rings. The SMILES string of the molecule is Cc1ccc(OS(=O)(=O)n2cnc(C(C)(C)C)c2)cc1. The van der Waals surface area contributed by atoms with Crippen molar-refractivity contribution in [1.29, 1.82) is 0 Å². The summed E-state index contributed by atoms with van der Waals surface area (Å²) in [7, 11) is -3.91. The average Bonchev–Trinajstić information content (AvgIpc) is 2.82. The third-order valence-electron chi connectivity index (χ3n) is 2.81. The van der Waals surface area contributed by atoms with E-state index in [0.717, 1.165) is 9.54 Å². The Morgan fingerprint density at radius 3 is 2.25 bits per heavy atom. The quantitative estimate of drug-likeness (QED) is 0.873. The molecule has 0 N–H and O–H groups in total. The van der Waals surface area contributed by atoms with Crippen LogP contribution in [0.3, 0.4) is 0 Å². The van der Waals surface area contributed by atoms with Gasteiger partial charge in [-0.3, -0.25) is 0 Å². The van der Waals surface area contributed by atoms with Crippen molar-refractivity contribution in [3.05, 3.63) is 48.0 Å². The predicted octanol–water partition coefficient (Wildman–Crippen LogP) is 2.66. The highest BCUT2D eigenvalue weighted by Crippen LogP contribution is 2.21. The van der Waals surface area contributed by atoms with Gasteiger partial charge >= 0.3 is 10.3 Å². The van der Waals surface area contributed by atoms with Crippen molar-refractivity contribution in [1.82, 2.24) is 8.96 Å². The largest absolute Gasteiger partial charge is 0.414 e. The number of rotatable bonds is 3. The molecule has 1 heterocycles. The highest BCUT2D eigenvalue weighted by atomic mass is 32.2. The van der Waals surface area contributed by atoms with Crippen LogP contribution in [0.5, 0.6) is 5.75 Å². The normalized spacial score (nSPS) is 12.4. The molecule has 0 aliphatic carbocycles. The van der Waals surface area contributed by atoms with Gasteiger partial charge in [0.1, 0.15) is 12.1 Å². The smallest absolute Gasteiger partial charge is 0.366 e. The summed E-state index contributed by atoms with van der Waals surface area (Å²) in [6, 6.07) is 6.82. The van der Waals surface area contributed by atoms with E-state index in [1.165, 1.54) is 12.5 Å². The Kier molecular flexibility index (Phi) is 3.60. The summed E-state index contributed by atoms with van der Waals surface area (Å²) >= 11 is 0. The molecule has 5 nitrogen and oxygen atoms in total. The molecule has 1 aromatic heterocycles. The molecule has 0 amide bonds. The molecule has 0 spiro atoms. The van der Waals surface area contributed by atoms with Crippen LogP contribution < -0.4 is 4.18 Å². The molecule has 0 unspecified atom stereocenters. The van der Waals surface area contributed by atoms with Crippen molar-refractivity contribution in [2.24, 2.45) is 0 Å². The third-order valence-corrected chi connectivity index (χ3v) is 3.93. The summed E-state index contributed by atoms with van der Waals surface area (Å²) in [6.07, 6.45) is 2.73. The van der Waals surface area contributed by atoms with Gasteiger partial charge in [-0.05, 0) is 19.1 Å². The van der Waals surface area contributed by atoms with E-state index in [0.29, 0.717) is 5.69 Å². The van der Waals surface area contributed by atoms with Gasteiger partial charge in [0, 0.05) is 11.6 Å². The zero-order chi connectivity index (χ0) is 15.0. The van der Waals surface area contributed by atoms with Crippen LogP contribution in [0.2, 0.25) is 0 Å². The summed E-state index contributed by atoms with van der Waals surface area (Å²) in [4.78, 5) is 4.11. The molecule has 1 aromatic carbocycles. The standard InChI is InChI=1S/C14H18N2O3S/c1-11-5-7-12(8-6-11)19-20(17,18)16-9-13(15-10-16)14(2,3)4/h5-10H,1-4H3. The summed E-state index contributed by atoms with van der Waals surface area (Å²) in [6.45, 7) is 7.82. The van der Waals surface area contributed by atoms with Gasteiger partial charge in [-0.1, -0.05) is 38.5 Å². The van der Waals surface area contributed by atoms with E-state index in [4.69, 9.17) is 4.18 Å². The highest BCUT2D eigenvalue weighted by Gasteiger charge is 2.22. The van der Waals surface area contributed by atoms with Crippen molar-refractivity contribution < 1.29 is 12.6 Å². The van der Waals surface area contributed by atoms with Gasteiger partial charge in [-0.2, -0.15) is 8.42 Å². The molecule has 0 saturated carbocycles. The minimum absolute atomic E-state index is 0.218. The lowest BCUT2D eigenvalue weighted by atomic mass is 9.93. The van der Waals surface area contributed by atoms with Gasteiger partial charge in [-0.15, -0.1) is 0 Å². The molecular weight excluding hydrogens is 276 g/mol. The lowest BCUT2D eigenvalue weighted by Gasteiger charge is -2.14. The Morgan fingerprint density at radius 2 is 1.75 bits per heavy atom. The molecule has 0 bridgehead atoms. The molecule has 2 rings (SSSR count). The van der Waals surface area contributed by atoms with Crippen molar-refractivity contribution in [2.45, 2.75) is 33.1 Å². The van der Waals surface area contributed by atoms with E-state index in [-0.39, 0.29) is 11.2 Å². The van der Waals surface area contributed by atoms with Gasteiger partial charge in [0.2, 0.25) is 0 Å². The van der Waals surface area contributed by atoms with Crippen molar-refractivity contribution in [3.63, 3.8) is 0 Å². The van der Waals surface area contributed by atoms with Crippen LogP contribution in [-0.2, 0) is 15.7 Å². The molecule has 0 fully saturated rings. The fourth-order valence-corrected chi connectivity index (χ4v) is 2.41. The van der Waals surface area contributed by atoms with E-state index >= 15 is 0 Å². The van der Waals surface area contributed by atoms with E-state index in [9.17, 15) is 8.42 Å². The maximum Gasteiger partial charge on any atom is 0.414 e.